The van der Waals surface area contributed by atoms with Gasteiger partial charge in [0.25, 0.3) is 5.91 Å². The number of carbonyl (C=O) groups is 2. The average molecular weight is 474 g/mol. The first-order valence-corrected chi connectivity index (χ1v) is 10.7. The summed E-state index contributed by atoms with van der Waals surface area (Å²) in [6, 6.07) is 1.45. The second kappa shape index (κ2) is 9.75. The number of hydrogen-bond acceptors (Lipinski definition) is 6. The first kappa shape index (κ1) is 23.2. The second-order valence-corrected chi connectivity index (χ2v) is 8.48. The molecule has 0 spiro atoms. The number of nitrogens with two attached hydrogens (primary N) is 1. The van der Waals surface area contributed by atoms with Crippen molar-refractivity contribution >= 4 is 40.1 Å². The lowest BCUT2D eigenvalue weighted by Gasteiger charge is -2.26. The van der Waals surface area contributed by atoms with Crippen LogP contribution < -0.4 is 21.1 Å². The summed E-state index contributed by atoms with van der Waals surface area (Å²) in [6.07, 6.45) is 2.03. The quantitative estimate of drug-likeness (QED) is 0.571. The standard InChI is InChI=1S/C19H22ClF2N5O3S/c1-9(14-4-3-5-27(14)2)24-19(29)25-18-15(16(23)28)17(26-31-18)30-8-11-12(21)6-10(20)7-13(11)22/h6-7,9,14H,3-5,8H2,1-2H3,(H2,23,28)(H2,24,25,29). The molecule has 0 bridgehead atoms. The maximum absolute atomic E-state index is 13.9. The van der Waals surface area contributed by atoms with Gasteiger partial charge in [0.2, 0.25) is 5.88 Å². The Morgan fingerprint density at radius 3 is 2.68 bits per heavy atom. The number of urea groups is 1. The Kier molecular flexibility index (Phi) is 7.29. The van der Waals surface area contributed by atoms with E-state index < -0.39 is 30.2 Å². The van der Waals surface area contributed by atoms with Gasteiger partial charge in [-0.25, -0.2) is 13.6 Å². The van der Waals surface area contributed by atoms with Crippen LogP contribution in [0.1, 0.15) is 35.7 Å². The van der Waals surface area contributed by atoms with Crippen molar-refractivity contribution in [2.45, 2.75) is 38.5 Å². The van der Waals surface area contributed by atoms with Crippen LogP contribution in [0.3, 0.4) is 0 Å². The van der Waals surface area contributed by atoms with Crippen LogP contribution in [0.25, 0.3) is 0 Å². The average Bonchev–Trinajstić information content (AvgIpc) is 3.26. The summed E-state index contributed by atoms with van der Waals surface area (Å²) < 4.78 is 37.2. The highest BCUT2D eigenvalue weighted by molar-refractivity contribution is 7.11. The smallest absolute Gasteiger partial charge is 0.320 e. The molecule has 2 aromatic rings. The molecule has 2 heterocycles. The summed E-state index contributed by atoms with van der Waals surface area (Å²) in [5.41, 5.74) is 4.85. The number of likely N-dealkylation sites (tertiary alicyclic amines) is 1. The number of ether oxygens (including phenoxy) is 1. The second-order valence-electron chi connectivity index (χ2n) is 7.27. The van der Waals surface area contributed by atoms with Crippen molar-refractivity contribution in [3.05, 3.63) is 39.9 Å². The van der Waals surface area contributed by atoms with Gasteiger partial charge in [-0.1, -0.05) is 11.6 Å². The number of rotatable bonds is 7. The minimum Gasteiger partial charge on any atom is -0.471 e. The van der Waals surface area contributed by atoms with Gasteiger partial charge in [-0.2, -0.15) is 4.37 Å². The Labute approximate surface area is 186 Å². The van der Waals surface area contributed by atoms with Crippen LogP contribution in [0.4, 0.5) is 18.6 Å². The molecular weight excluding hydrogens is 452 g/mol. The van der Waals surface area contributed by atoms with Crippen LogP contribution in [0.2, 0.25) is 5.02 Å². The van der Waals surface area contributed by atoms with Gasteiger partial charge in [0, 0.05) is 17.1 Å². The van der Waals surface area contributed by atoms with Crippen molar-refractivity contribution in [1.29, 1.82) is 0 Å². The van der Waals surface area contributed by atoms with Crippen molar-refractivity contribution in [3.8, 4) is 5.88 Å². The van der Waals surface area contributed by atoms with Crippen LogP contribution in [0.15, 0.2) is 12.1 Å². The molecular formula is C19H22ClF2N5O3S. The lowest BCUT2D eigenvalue weighted by Crippen LogP contribution is -2.47. The van der Waals surface area contributed by atoms with Crippen LogP contribution in [0, 0.1) is 11.6 Å². The van der Waals surface area contributed by atoms with Crippen molar-refractivity contribution in [3.63, 3.8) is 0 Å². The third kappa shape index (κ3) is 5.41. The minimum atomic E-state index is -0.903. The lowest BCUT2D eigenvalue weighted by atomic mass is 10.1. The zero-order valence-corrected chi connectivity index (χ0v) is 18.4. The molecule has 1 aromatic carbocycles. The monoisotopic (exact) mass is 473 g/mol. The number of primary amides is 1. The molecule has 1 saturated heterocycles. The molecule has 0 saturated carbocycles. The van der Waals surface area contributed by atoms with Gasteiger partial charge in [0.15, 0.2) is 0 Å². The first-order valence-electron chi connectivity index (χ1n) is 9.50. The predicted molar refractivity (Wildman–Crippen MR) is 114 cm³/mol. The minimum absolute atomic E-state index is 0.0732. The number of carbonyl (C=O) groups excluding carboxylic acids is 2. The molecule has 0 radical (unpaired) electrons. The number of nitrogens with one attached hydrogen (secondary N) is 2. The fourth-order valence-corrected chi connectivity index (χ4v) is 4.46. The molecule has 168 valence electrons. The predicted octanol–water partition coefficient (Wildman–Crippen LogP) is 3.36. The number of anilines is 1. The number of hydrogen-bond donors (Lipinski definition) is 3. The topological polar surface area (TPSA) is 110 Å². The van der Waals surface area contributed by atoms with E-state index in [1.807, 2.05) is 14.0 Å². The molecule has 0 aliphatic carbocycles. The highest BCUT2D eigenvalue weighted by Crippen LogP contribution is 2.31. The van der Waals surface area contributed by atoms with Crippen molar-refractivity contribution in [1.82, 2.24) is 14.6 Å². The van der Waals surface area contributed by atoms with E-state index in [4.69, 9.17) is 22.1 Å². The van der Waals surface area contributed by atoms with Gasteiger partial charge >= 0.3 is 6.03 Å². The van der Waals surface area contributed by atoms with Gasteiger partial charge in [-0.3, -0.25) is 10.1 Å². The van der Waals surface area contributed by atoms with E-state index >= 15 is 0 Å². The molecule has 3 rings (SSSR count). The normalized spacial score (nSPS) is 17.4. The number of aromatic nitrogens is 1. The number of benzene rings is 1. The zero-order chi connectivity index (χ0) is 22.7. The molecule has 2 unspecified atom stereocenters. The largest absolute Gasteiger partial charge is 0.471 e. The van der Waals surface area contributed by atoms with Crippen LogP contribution >= 0.6 is 23.1 Å². The van der Waals surface area contributed by atoms with Gasteiger partial charge in [0.1, 0.15) is 28.8 Å². The summed E-state index contributed by atoms with van der Waals surface area (Å²) in [4.78, 5) is 26.5. The molecule has 8 nitrogen and oxygen atoms in total. The van der Waals surface area contributed by atoms with Crippen molar-refractivity contribution in [2.24, 2.45) is 5.73 Å². The van der Waals surface area contributed by atoms with E-state index in [0.717, 1.165) is 43.1 Å². The van der Waals surface area contributed by atoms with E-state index in [1.165, 1.54) is 0 Å². The summed E-state index contributed by atoms with van der Waals surface area (Å²) >= 11 is 6.37. The van der Waals surface area contributed by atoms with Crippen LogP contribution in [0.5, 0.6) is 5.88 Å². The molecule has 12 heteroatoms. The first-order chi connectivity index (χ1) is 14.7. The van der Waals surface area contributed by atoms with E-state index in [-0.39, 0.29) is 39.1 Å². The van der Waals surface area contributed by atoms with E-state index in [9.17, 15) is 18.4 Å². The number of nitrogens with zero attached hydrogens (tertiary/aromatic N) is 2. The Morgan fingerprint density at radius 2 is 2.10 bits per heavy atom. The van der Waals surface area contributed by atoms with Crippen LogP contribution in [-0.2, 0) is 6.61 Å². The number of amides is 3. The summed E-state index contributed by atoms with van der Waals surface area (Å²) in [5.74, 6) is -2.93. The maximum atomic E-state index is 13.9. The highest BCUT2D eigenvalue weighted by Gasteiger charge is 2.28. The Morgan fingerprint density at radius 1 is 1.42 bits per heavy atom. The van der Waals surface area contributed by atoms with Gasteiger partial charge in [-0.15, -0.1) is 0 Å². The molecule has 3 amide bonds. The highest BCUT2D eigenvalue weighted by atomic mass is 35.5. The summed E-state index contributed by atoms with van der Waals surface area (Å²) in [6.45, 7) is 2.32. The zero-order valence-electron chi connectivity index (χ0n) is 16.9. The molecule has 1 aliphatic rings. The third-order valence-electron chi connectivity index (χ3n) is 5.11. The Balaban J connectivity index is 1.69. The fraction of sp³-hybridized carbons (Fsp3) is 0.421. The molecule has 31 heavy (non-hydrogen) atoms. The van der Waals surface area contributed by atoms with Gasteiger partial charge < -0.3 is 20.7 Å². The van der Waals surface area contributed by atoms with Gasteiger partial charge in [-0.05, 0) is 57.0 Å². The van der Waals surface area contributed by atoms with Crippen molar-refractivity contribution < 1.29 is 23.1 Å². The number of halogens is 3. The Bertz CT molecular complexity index is 966. The molecule has 1 fully saturated rings. The molecule has 2 atom stereocenters. The van der Waals surface area contributed by atoms with E-state index in [0.29, 0.717) is 0 Å². The SMILES string of the molecule is CC(NC(=O)Nc1snc(OCc2c(F)cc(Cl)cc2F)c1C(N)=O)C1CCCN1C. The molecule has 4 N–H and O–H groups in total. The maximum Gasteiger partial charge on any atom is 0.320 e. The third-order valence-corrected chi connectivity index (χ3v) is 6.07. The molecule has 1 aromatic heterocycles. The molecule has 1 aliphatic heterocycles. The fourth-order valence-electron chi connectivity index (χ4n) is 3.54. The van der Waals surface area contributed by atoms with E-state index in [2.05, 4.69) is 19.9 Å². The van der Waals surface area contributed by atoms with Crippen LogP contribution in [-0.4, -0.2) is 46.9 Å². The Hall–Kier alpha value is -2.50. The number of likely N-dealkylation sites (N-methyl/N-ethyl adjacent to an activating group) is 1. The van der Waals surface area contributed by atoms with E-state index in [1.54, 1.807) is 0 Å². The van der Waals surface area contributed by atoms with Crippen molar-refractivity contribution in [2.75, 3.05) is 18.9 Å². The lowest BCUT2D eigenvalue weighted by molar-refractivity contribution is 0.0996. The summed E-state index contributed by atoms with van der Waals surface area (Å²) in [5, 5.41) is 5.36. The van der Waals surface area contributed by atoms with Gasteiger partial charge in [0.05, 0.1) is 5.56 Å². The summed E-state index contributed by atoms with van der Waals surface area (Å²) in [7, 11) is 2.00.